The molecule has 3 heteroatoms. The molecule has 1 heterocycles. The number of hydrogen-bond acceptors (Lipinski definition) is 2. The summed E-state index contributed by atoms with van der Waals surface area (Å²) in [7, 11) is 5.58. The van der Waals surface area contributed by atoms with Gasteiger partial charge in [-0.1, -0.05) is 5.46 Å². The quantitative estimate of drug-likeness (QED) is 0.535. The summed E-state index contributed by atoms with van der Waals surface area (Å²) in [4.78, 5) is 8.46. The van der Waals surface area contributed by atoms with Crippen molar-refractivity contribution in [1.82, 2.24) is 9.97 Å². The molecule has 0 atom stereocenters. The molecule has 2 rings (SSSR count). The minimum atomic E-state index is 0.620. The molecular formula is C8H9BN2. The Hall–Kier alpha value is -0.855. The van der Waals surface area contributed by atoms with Crippen molar-refractivity contribution in [3.05, 3.63) is 17.7 Å². The second-order valence-corrected chi connectivity index (χ2v) is 3.04. The summed E-state index contributed by atoms with van der Waals surface area (Å²) in [6.45, 7) is 1.92. The summed E-state index contributed by atoms with van der Waals surface area (Å²) < 4.78 is 0. The fourth-order valence-corrected chi connectivity index (χ4v) is 1.03. The number of aryl methyl sites for hydroxylation is 1. The molecule has 0 bridgehead atoms. The van der Waals surface area contributed by atoms with Gasteiger partial charge in [0.05, 0.1) is 0 Å². The van der Waals surface area contributed by atoms with Gasteiger partial charge in [0.25, 0.3) is 0 Å². The molecule has 0 amide bonds. The highest BCUT2D eigenvalue weighted by molar-refractivity contribution is 6.32. The summed E-state index contributed by atoms with van der Waals surface area (Å²) in [5.74, 6) is 1.59. The van der Waals surface area contributed by atoms with Crippen LogP contribution in [-0.4, -0.2) is 17.8 Å². The van der Waals surface area contributed by atoms with Crippen molar-refractivity contribution in [1.29, 1.82) is 0 Å². The Balaban J connectivity index is 2.36. The number of aromatic nitrogens is 2. The molecule has 1 aromatic heterocycles. The molecule has 54 valence electrons. The van der Waals surface area contributed by atoms with Gasteiger partial charge < -0.3 is 0 Å². The van der Waals surface area contributed by atoms with Crippen molar-refractivity contribution in [2.24, 2.45) is 0 Å². The van der Waals surface area contributed by atoms with Gasteiger partial charge in [-0.05, 0) is 19.8 Å². The van der Waals surface area contributed by atoms with Crippen LogP contribution < -0.4 is 5.46 Å². The minimum Gasteiger partial charge on any atom is -0.242 e. The molecule has 1 aromatic rings. The highest BCUT2D eigenvalue weighted by Crippen LogP contribution is 2.37. The lowest BCUT2D eigenvalue weighted by atomic mass is 9.97. The van der Waals surface area contributed by atoms with Crippen LogP contribution >= 0.6 is 0 Å². The summed E-state index contributed by atoms with van der Waals surface area (Å²) in [6, 6.07) is 0. The molecule has 0 N–H and O–H groups in total. The Labute approximate surface area is 67.5 Å². The lowest BCUT2D eigenvalue weighted by Crippen LogP contribution is -2.12. The zero-order valence-electron chi connectivity index (χ0n) is 6.54. The predicted molar refractivity (Wildman–Crippen MR) is 44.1 cm³/mol. The second kappa shape index (κ2) is 2.33. The van der Waals surface area contributed by atoms with Crippen molar-refractivity contribution >= 4 is 13.3 Å². The fraction of sp³-hybridized carbons (Fsp3) is 0.500. The maximum absolute atomic E-state index is 5.58. The second-order valence-electron chi connectivity index (χ2n) is 3.04. The van der Waals surface area contributed by atoms with E-state index in [2.05, 4.69) is 9.97 Å². The lowest BCUT2D eigenvalue weighted by Gasteiger charge is -2.00. The first-order valence-electron chi connectivity index (χ1n) is 3.86. The Bertz CT molecular complexity index is 281. The third-order valence-electron chi connectivity index (χ3n) is 1.98. The van der Waals surface area contributed by atoms with E-state index in [1.807, 2.05) is 6.92 Å². The molecule has 0 spiro atoms. The summed E-state index contributed by atoms with van der Waals surface area (Å²) in [5.41, 5.74) is 1.59. The Morgan fingerprint density at radius 1 is 1.55 bits per heavy atom. The molecule has 2 nitrogen and oxygen atoms in total. The topological polar surface area (TPSA) is 25.8 Å². The number of nitrogens with zero attached hydrogens (tertiary/aromatic N) is 2. The molecule has 0 saturated heterocycles. The Morgan fingerprint density at radius 2 is 2.27 bits per heavy atom. The first-order chi connectivity index (χ1) is 5.27. The van der Waals surface area contributed by atoms with E-state index in [1.54, 1.807) is 6.20 Å². The number of hydrogen-bond donors (Lipinski definition) is 0. The zero-order valence-corrected chi connectivity index (χ0v) is 6.54. The van der Waals surface area contributed by atoms with Crippen molar-refractivity contribution in [2.45, 2.75) is 25.7 Å². The van der Waals surface area contributed by atoms with Crippen LogP contribution in [0.15, 0.2) is 6.20 Å². The van der Waals surface area contributed by atoms with Crippen LogP contribution in [0.5, 0.6) is 0 Å². The van der Waals surface area contributed by atoms with E-state index in [0.717, 1.165) is 11.5 Å². The van der Waals surface area contributed by atoms with Crippen LogP contribution in [0.4, 0.5) is 0 Å². The highest BCUT2D eigenvalue weighted by Gasteiger charge is 2.26. The minimum absolute atomic E-state index is 0.620. The van der Waals surface area contributed by atoms with E-state index in [0.29, 0.717) is 11.4 Å². The van der Waals surface area contributed by atoms with Gasteiger partial charge in [0.1, 0.15) is 13.7 Å². The predicted octanol–water partition coefficient (Wildman–Crippen LogP) is 0.456. The lowest BCUT2D eigenvalue weighted by molar-refractivity contribution is 0.913. The Kier molecular flexibility index (Phi) is 1.45. The smallest absolute Gasteiger partial charge is 0.131 e. The molecule has 0 unspecified atom stereocenters. The van der Waals surface area contributed by atoms with Crippen molar-refractivity contribution in [3.8, 4) is 0 Å². The molecule has 11 heavy (non-hydrogen) atoms. The van der Waals surface area contributed by atoms with Crippen LogP contribution in [0, 0.1) is 6.92 Å². The van der Waals surface area contributed by atoms with Gasteiger partial charge in [-0.3, -0.25) is 0 Å². The maximum atomic E-state index is 5.58. The third-order valence-corrected chi connectivity index (χ3v) is 1.98. The van der Waals surface area contributed by atoms with Crippen LogP contribution in [0.1, 0.15) is 30.3 Å². The highest BCUT2D eigenvalue weighted by atomic mass is 14.9. The molecule has 1 saturated carbocycles. The van der Waals surface area contributed by atoms with Gasteiger partial charge in [0.15, 0.2) is 0 Å². The Morgan fingerprint density at radius 3 is 2.82 bits per heavy atom. The molecule has 2 radical (unpaired) electrons. The van der Waals surface area contributed by atoms with E-state index in [-0.39, 0.29) is 0 Å². The molecular weight excluding hydrogens is 135 g/mol. The normalized spacial score (nSPS) is 16.8. The monoisotopic (exact) mass is 144 g/mol. The van der Waals surface area contributed by atoms with Gasteiger partial charge in [-0.25, -0.2) is 9.97 Å². The van der Waals surface area contributed by atoms with Crippen molar-refractivity contribution in [3.63, 3.8) is 0 Å². The van der Waals surface area contributed by atoms with Gasteiger partial charge in [0.2, 0.25) is 0 Å². The fourth-order valence-electron chi connectivity index (χ4n) is 1.03. The molecule has 0 aliphatic heterocycles. The van der Waals surface area contributed by atoms with Gasteiger partial charge in [0, 0.05) is 17.8 Å². The number of rotatable bonds is 1. The summed E-state index contributed by atoms with van der Waals surface area (Å²) >= 11 is 0. The first kappa shape index (κ1) is 6.83. The van der Waals surface area contributed by atoms with Crippen LogP contribution in [0.2, 0.25) is 0 Å². The van der Waals surface area contributed by atoms with Crippen LogP contribution in [0.3, 0.4) is 0 Å². The van der Waals surface area contributed by atoms with E-state index in [9.17, 15) is 0 Å². The molecule has 0 aromatic carbocycles. The SMILES string of the molecule is [B]c1cnc(C2CC2)nc1C. The standard InChI is InChI=1S/C8H9BN2/c1-5-7(9)4-10-8(11-5)6-2-3-6/h4,6H,2-3H2,1H3. The average Bonchev–Trinajstić information content (AvgIpc) is 2.77. The van der Waals surface area contributed by atoms with E-state index in [4.69, 9.17) is 7.85 Å². The van der Waals surface area contributed by atoms with Gasteiger partial charge in [-0.2, -0.15) is 0 Å². The van der Waals surface area contributed by atoms with Gasteiger partial charge in [-0.15, -0.1) is 0 Å². The first-order valence-corrected chi connectivity index (χ1v) is 3.86. The van der Waals surface area contributed by atoms with E-state index < -0.39 is 0 Å². The summed E-state index contributed by atoms with van der Waals surface area (Å²) in [6.07, 6.45) is 4.18. The van der Waals surface area contributed by atoms with E-state index >= 15 is 0 Å². The molecule has 1 aliphatic carbocycles. The molecule has 1 fully saturated rings. The van der Waals surface area contributed by atoms with Crippen LogP contribution in [0.25, 0.3) is 0 Å². The van der Waals surface area contributed by atoms with Crippen molar-refractivity contribution < 1.29 is 0 Å². The molecule has 1 aliphatic rings. The van der Waals surface area contributed by atoms with Crippen molar-refractivity contribution in [2.75, 3.05) is 0 Å². The average molecular weight is 144 g/mol. The third kappa shape index (κ3) is 1.27. The van der Waals surface area contributed by atoms with Gasteiger partial charge >= 0.3 is 0 Å². The van der Waals surface area contributed by atoms with E-state index in [1.165, 1.54) is 12.8 Å². The maximum Gasteiger partial charge on any atom is 0.131 e. The zero-order chi connectivity index (χ0) is 7.84. The summed E-state index contributed by atoms with van der Waals surface area (Å²) in [5, 5.41) is 0. The largest absolute Gasteiger partial charge is 0.242 e. The van der Waals surface area contributed by atoms with Crippen LogP contribution in [-0.2, 0) is 0 Å².